The molecule has 0 saturated carbocycles. The van der Waals surface area contributed by atoms with Gasteiger partial charge in [-0.25, -0.2) is 0 Å². The number of aryl methyl sites for hydroxylation is 1. The zero-order valence-electron chi connectivity index (χ0n) is 11.0. The number of halogens is 3. The van der Waals surface area contributed by atoms with Crippen LogP contribution in [0.3, 0.4) is 0 Å². The molecule has 0 aliphatic carbocycles. The molecule has 3 nitrogen and oxygen atoms in total. The molecule has 0 saturated heterocycles. The minimum absolute atomic E-state index is 0.0911. The van der Waals surface area contributed by atoms with E-state index in [2.05, 4.69) is 42.5 Å². The summed E-state index contributed by atoms with van der Waals surface area (Å²) < 4.78 is 1.80. The maximum absolute atomic E-state index is 12.2. The zero-order chi connectivity index (χ0) is 15.1. The van der Waals surface area contributed by atoms with E-state index in [0.717, 1.165) is 31.4 Å². The van der Waals surface area contributed by atoms with E-state index in [1.165, 1.54) is 0 Å². The third kappa shape index (κ3) is 2.82. The molecule has 0 bridgehead atoms. The van der Waals surface area contributed by atoms with Crippen molar-refractivity contribution in [2.24, 2.45) is 0 Å². The van der Waals surface area contributed by atoms with Crippen molar-refractivity contribution in [2.45, 2.75) is 13.0 Å². The molecule has 0 aromatic heterocycles. The van der Waals surface area contributed by atoms with E-state index in [4.69, 9.17) is 11.6 Å². The molecule has 0 radical (unpaired) electrons. The summed E-state index contributed by atoms with van der Waals surface area (Å²) in [5.74, 6) is -0.0911. The summed E-state index contributed by atoms with van der Waals surface area (Å²) >= 11 is 13.1. The van der Waals surface area contributed by atoms with E-state index in [9.17, 15) is 4.79 Å². The molecule has 21 heavy (non-hydrogen) atoms. The minimum Gasteiger partial charge on any atom is -0.368 e. The van der Waals surface area contributed by atoms with Gasteiger partial charge >= 0.3 is 0 Å². The van der Waals surface area contributed by atoms with Crippen LogP contribution in [0.4, 0.5) is 11.4 Å². The van der Waals surface area contributed by atoms with Crippen LogP contribution in [0.1, 0.15) is 17.2 Å². The van der Waals surface area contributed by atoms with Gasteiger partial charge in [0.1, 0.15) is 6.04 Å². The van der Waals surface area contributed by atoms with E-state index in [0.29, 0.717) is 5.02 Å². The van der Waals surface area contributed by atoms with Crippen LogP contribution < -0.4 is 10.6 Å². The molecule has 1 unspecified atom stereocenters. The Kier molecular flexibility index (Phi) is 3.99. The third-order valence-corrected chi connectivity index (χ3v) is 4.81. The van der Waals surface area contributed by atoms with Crippen LogP contribution in [-0.4, -0.2) is 5.91 Å². The molecule has 1 atom stereocenters. The fraction of sp³-hybridized carbons (Fsp3) is 0.133. The van der Waals surface area contributed by atoms with Crippen molar-refractivity contribution < 1.29 is 4.79 Å². The molecule has 2 aromatic rings. The maximum atomic E-state index is 12.2. The first-order valence-electron chi connectivity index (χ1n) is 6.28. The van der Waals surface area contributed by atoms with E-state index in [1.54, 1.807) is 6.07 Å². The van der Waals surface area contributed by atoms with Gasteiger partial charge in [0.25, 0.3) is 5.91 Å². The van der Waals surface area contributed by atoms with E-state index in [1.807, 2.05) is 31.2 Å². The molecule has 2 N–H and O–H groups in total. The van der Waals surface area contributed by atoms with Gasteiger partial charge in [0.15, 0.2) is 0 Å². The standard InChI is InChI=1S/C15H11Br2ClN2O/c1-7-4-10(16)14(11(17)5-7)20-13-9-6-8(18)2-3-12(9)19-15(13)21/h2-6,13,20H,1H3,(H,19,21). The van der Waals surface area contributed by atoms with Crippen LogP contribution in [-0.2, 0) is 4.79 Å². The third-order valence-electron chi connectivity index (χ3n) is 3.32. The fourth-order valence-electron chi connectivity index (χ4n) is 2.36. The highest BCUT2D eigenvalue weighted by molar-refractivity contribution is 9.11. The molecule has 0 spiro atoms. The summed E-state index contributed by atoms with van der Waals surface area (Å²) in [6, 6.07) is 8.92. The van der Waals surface area contributed by atoms with Crippen molar-refractivity contribution in [3.05, 3.63) is 55.4 Å². The summed E-state index contributed by atoms with van der Waals surface area (Å²) in [7, 11) is 0. The van der Waals surface area contributed by atoms with Gasteiger partial charge in [-0.15, -0.1) is 0 Å². The summed E-state index contributed by atoms with van der Waals surface area (Å²) in [4.78, 5) is 12.2. The molecule has 1 aliphatic heterocycles. The van der Waals surface area contributed by atoms with Gasteiger partial charge in [-0.1, -0.05) is 11.6 Å². The molecule has 6 heteroatoms. The molecule has 0 fully saturated rings. The number of carbonyl (C=O) groups excluding carboxylic acids is 1. The number of carbonyl (C=O) groups is 1. The van der Waals surface area contributed by atoms with E-state index < -0.39 is 6.04 Å². The minimum atomic E-state index is -0.464. The van der Waals surface area contributed by atoms with Crippen LogP contribution in [0, 0.1) is 6.92 Å². The number of fused-ring (bicyclic) bond motifs is 1. The van der Waals surface area contributed by atoms with Crippen molar-refractivity contribution in [2.75, 3.05) is 10.6 Å². The molecule has 1 aliphatic rings. The lowest BCUT2D eigenvalue weighted by molar-refractivity contribution is -0.116. The Morgan fingerprint density at radius 3 is 2.52 bits per heavy atom. The number of hydrogen-bond acceptors (Lipinski definition) is 2. The second-order valence-corrected chi connectivity index (χ2v) is 7.05. The van der Waals surface area contributed by atoms with Gasteiger partial charge < -0.3 is 10.6 Å². The van der Waals surface area contributed by atoms with Crippen LogP contribution in [0.15, 0.2) is 39.3 Å². The Morgan fingerprint density at radius 1 is 1.19 bits per heavy atom. The fourth-order valence-corrected chi connectivity index (χ4v) is 4.18. The predicted octanol–water partition coefficient (Wildman–Crippen LogP) is 5.28. The van der Waals surface area contributed by atoms with E-state index in [-0.39, 0.29) is 5.91 Å². The first-order chi connectivity index (χ1) is 9.95. The van der Waals surface area contributed by atoms with Gasteiger partial charge in [0.05, 0.1) is 5.69 Å². The van der Waals surface area contributed by atoms with Gasteiger partial charge in [-0.2, -0.15) is 0 Å². The summed E-state index contributed by atoms with van der Waals surface area (Å²) in [5, 5.41) is 6.74. The SMILES string of the molecule is Cc1cc(Br)c(NC2C(=O)Nc3ccc(Cl)cc32)c(Br)c1. The monoisotopic (exact) mass is 428 g/mol. The Hall–Kier alpha value is -1.04. The molecular weight excluding hydrogens is 419 g/mol. The van der Waals surface area contributed by atoms with Crippen molar-refractivity contribution in [3.8, 4) is 0 Å². The first kappa shape index (κ1) is 14.9. The first-order valence-corrected chi connectivity index (χ1v) is 8.24. The number of benzene rings is 2. The van der Waals surface area contributed by atoms with Crippen LogP contribution in [0.5, 0.6) is 0 Å². The molecule has 1 heterocycles. The number of hydrogen-bond donors (Lipinski definition) is 2. The van der Waals surface area contributed by atoms with Gasteiger partial charge in [-0.3, -0.25) is 4.79 Å². The highest BCUT2D eigenvalue weighted by Crippen LogP contribution is 2.39. The largest absolute Gasteiger partial charge is 0.368 e. The average molecular weight is 431 g/mol. The summed E-state index contributed by atoms with van der Waals surface area (Å²) in [5.41, 5.74) is 3.61. The van der Waals surface area contributed by atoms with E-state index >= 15 is 0 Å². The quantitative estimate of drug-likeness (QED) is 0.681. The lowest BCUT2D eigenvalue weighted by Gasteiger charge is -2.16. The van der Waals surface area contributed by atoms with Crippen molar-refractivity contribution in [3.63, 3.8) is 0 Å². The Bertz CT molecular complexity index is 725. The molecule has 2 aromatic carbocycles. The highest BCUT2D eigenvalue weighted by atomic mass is 79.9. The average Bonchev–Trinajstić information content (AvgIpc) is 2.69. The highest BCUT2D eigenvalue weighted by Gasteiger charge is 2.31. The number of rotatable bonds is 2. The van der Waals surface area contributed by atoms with Crippen molar-refractivity contribution in [1.82, 2.24) is 0 Å². The van der Waals surface area contributed by atoms with Gasteiger partial charge in [-0.05, 0) is 74.7 Å². The normalized spacial score (nSPS) is 16.6. The van der Waals surface area contributed by atoms with Crippen LogP contribution in [0.2, 0.25) is 5.02 Å². The maximum Gasteiger partial charge on any atom is 0.251 e. The Labute approximate surface area is 144 Å². The second kappa shape index (κ2) is 5.63. The van der Waals surface area contributed by atoms with Crippen molar-refractivity contribution in [1.29, 1.82) is 0 Å². The Morgan fingerprint density at radius 2 is 1.86 bits per heavy atom. The molecule has 1 amide bonds. The zero-order valence-corrected chi connectivity index (χ0v) is 14.9. The second-order valence-electron chi connectivity index (χ2n) is 4.90. The van der Waals surface area contributed by atoms with Gasteiger partial charge in [0, 0.05) is 25.2 Å². The van der Waals surface area contributed by atoms with Gasteiger partial charge in [0.2, 0.25) is 0 Å². The van der Waals surface area contributed by atoms with Crippen LogP contribution >= 0.6 is 43.5 Å². The predicted molar refractivity (Wildman–Crippen MR) is 93.0 cm³/mol. The number of amides is 1. The molecular formula is C15H11Br2ClN2O. The smallest absolute Gasteiger partial charge is 0.251 e. The number of nitrogens with one attached hydrogen (secondary N) is 2. The summed E-state index contributed by atoms with van der Waals surface area (Å²) in [6.07, 6.45) is 0. The van der Waals surface area contributed by atoms with Crippen molar-refractivity contribution >= 4 is 60.7 Å². The van der Waals surface area contributed by atoms with Crippen LogP contribution in [0.25, 0.3) is 0 Å². The molecule has 3 rings (SSSR count). The summed E-state index contributed by atoms with van der Waals surface area (Å²) in [6.45, 7) is 2.01. The lowest BCUT2D eigenvalue weighted by atomic mass is 10.1. The lowest BCUT2D eigenvalue weighted by Crippen LogP contribution is -2.20. The number of anilines is 2. The molecule has 108 valence electrons. The topological polar surface area (TPSA) is 41.1 Å². The Balaban J connectivity index is 2.00.